The molecule has 0 radical (unpaired) electrons. The summed E-state index contributed by atoms with van der Waals surface area (Å²) in [7, 11) is 0. The first kappa shape index (κ1) is 21.7. The molecule has 0 saturated heterocycles. The first-order valence-electron chi connectivity index (χ1n) is 10.2. The number of rotatable bonds is 6. The molecule has 160 valence electrons. The third-order valence-corrected chi connectivity index (χ3v) is 7.74. The van der Waals surface area contributed by atoms with Crippen LogP contribution in [-0.2, 0) is 6.61 Å². The van der Waals surface area contributed by atoms with E-state index in [1.165, 1.54) is 22.5 Å². The second-order valence-corrected chi connectivity index (χ2v) is 10.5. The topological polar surface area (TPSA) is 45.9 Å². The van der Waals surface area contributed by atoms with E-state index < -0.39 is 0 Å². The number of allylic oxidation sites excluding steroid dienone is 1. The number of hydrogen-bond acceptors (Lipinski definition) is 5. The van der Waals surface area contributed by atoms with Crippen LogP contribution in [-0.4, -0.2) is 4.98 Å². The van der Waals surface area contributed by atoms with Gasteiger partial charge < -0.3 is 4.74 Å². The van der Waals surface area contributed by atoms with Gasteiger partial charge in [0.05, 0.1) is 19.6 Å². The minimum Gasteiger partial charge on any atom is -0.488 e. The van der Waals surface area contributed by atoms with E-state index in [-0.39, 0.29) is 0 Å². The second-order valence-electron chi connectivity index (χ2n) is 7.29. The third kappa shape index (κ3) is 4.96. The van der Waals surface area contributed by atoms with E-state index in [0.29, 0.717) is 11.5 Å². The normalized spacial score (nSPS) is 11.6. The lowest BCUT2D eigenvalue weighted by Crippen LogP contribution is -1.97. The van der Waals surface area contributed by atoms with E-state index in [4.69, 9.17) is 4.74 Å². The highest BCUT2D eigenvalue weighted by Crippen LogP contribution is 2.35. The molecule has 0 bridgehead atoms. The highest BCUT2D eigenvalue weighted by atomic mass is 79.9. The van der Waals surface area contributed by atoms with Crippen LogP contribution in [0.2, 0.25) is 0 Å². The number of benzene rings is 4. The lowest BCUT2D eigenvalue weighted by molar-refractivity contribution is 0.305. The average molecular weight is 529 g/mol. The van der Waals surface area contributed by atoms with Crippen LogP contribution >= 0.6 is 39.0 Å². The fourth-order valence-electron chi connectivity index (χ4n) is 3.52. The van der Waals surface area contributed by atoms with Crippen molar-refractivity contribution in [2.75, 3.05) is 0 Å². The number of hydrogen-bond donors (Lipinski definition) is 0. The predicted molar refractivity (Wildman–Crippen MR) is 141 cm³/mol. The smallest absolute Gasteiger partial charge is 0.156 e. The molecule has 6 heteroatoms. The van der Waals surface area contributed by atoms with Gasteiger partial charge in [-0.3, -0.25) is 0 Å². The van der Waals surface area contributed by atoms with Crippen molar-refractivity contribution < 1.29 is 4.74 Å². The molecule has 33 heavy (non-hydrogen) atoms. The van der Waals surface area contributed by atoms with E-state index in [0.717, 1.165) is 35.9 Å². The zero-order chi connectivity index (χ0) is 22.6. The largest absolute Gasteiger partial charge is 0.488 e. The van der Waals surface area contributed by atoms with Gasteiger partial charge in [-0.2, -0.15) is 5.26 Å². The molecule has 0 atom stereocenters. The standard InChI is InChI=1S/C27H17BrN2OS2/c28-23-15-18(14-21(16-29)32-27-30-24-10-3-4-11-26(24)33-27)12-13-25(23)31-17-20-8-5-7-19-6-1-2-9-22(19)20/h1-15H,17H2/b21-14+. The van der Waals surface area contributed by atoms with Crippen molar-refractivity contribution in [1.29, 1.82) is 5.26 Å². The van der Waals surface area contributed by atoms with Crippen LogP contribution in [0.25, 0.3) is 27.1 Å². The summed E-state index contributed by atoms with van der Waals surface area (Å²) in [5, 5.41) is 12.0. The summed E-state index contributed by atoms with van der Waals surface area (Å²) in [4.78, 5) is 5.20. The minimum atomic E-state index is 0.478. The van der Waals surface area contributed by atoms with Crippen molar-refractivity contribution in [3.8, 4) is 11.8 Å². The van der Waals surface area contributed by atoms with E-state index in [1.807, 2.05) is 60.7 Å². The van der Waals surface area contributed by atoms with Crippen LogP contribution in [0.15, 0.2) is 98.6 Å². The molecular formula is C27H17BrN2OS2. The predicted octanol–water partition coefficient (Wildman–Crippen LogP) is 8.45. The Balaban J connectivity index is 1.32. The molecule has 3 nitrogen and oxygen atoms in total. The fourth-order valence-corrected chi connectivity index (χ4v) is 6.01. The summed E-state index contributed by atoms with van der Waals surface area (Å²) >= 11 is 6.60. The number of thiazole rings is 1. The van der Waals surface area contributed by atoms with Crippen molar-refractivity contribution >= 4 is 66.1 Å². The molecule has 0 fully saturated rings. The van der Waals surface area contributed by atoms with E-state index >= 15 is 0 Å². The van der Waals surface area contributed by atoms with Crippen molar-refractivity contribution in [3.05, 3.63) is 105 Å². The Hall–Kier alpha value is -3.11. The third-order valence-electron chi connectivity index (χ3n) is 5.10. The number of aromatic nitrogens is 1. The summed E-state index contributed by atoms with van der Waals surface area (Å²) < 4.78 is 8.92. The molecule has 0 spiro atoms. The fraction of sp³-hybridized carbons (Fsp3) is 0.0370. The van der Waals surface area contributed by atoms with E-state index in [1.54, 1.807) is 11.3 Å². The second kappa shape index (κ2) is 9.80. The van der Waals surface area contributed by atoms with Gasteiger partial charge in [0, 0.05) is 0 Å². The van der Waals surface area contributed by atoms with Crippen LogP contribution in [0.1, 0.15) is 11.1 Å². The van der Waals surface area contributed by atoms with Gasteiger partial charge in [-0.25, -0.2) is 4.98 Å². The van der Waals surface area contributed by atoms with Crippen LogP contribution in [0.5, 0.6) is 5.75 Å². The van der Waals surface area contributed by atoms with Gasteiger partial charge in [0.15, 0.2) is 4.34 Å². The molecule has 1 aromatic heterocycles. The Morgan fingerprint density at radius 1 is 1.03 bits per heavy atom. The Labute approximate surface area is 208 Å². The number of nitriles is 1. The summed E-state index contributed by atoms with van der Waals surface area (Å²) in [6.07, 6.45) is 1.87. The lowest BCUT2D eigenvalue weighted by atomic mass is 10.1. The Bertz CT molecular complexity index is 1500. The molecule has 5 aromatic rings. The molecule has 4 aromatic carbocycles. The molecule has 0 aliphatic rings. The zero-order valence-electron chi connectivity index (χ0n) is 17.4. The first-order valence-corrected chi connectivity index (χ1v) is 12.7. The molecule has 0 aliphatic heterocycles. The van der Waals surface area contributed by atoms with Gasteiger partial charge in [-0.1, -0.05) is 60.7 Å². The van der Waals surface area contributed by atoms with Crippen LogP contribution < -0.4 is 4.74 Å². The highest BCUT2D eigenvalue weighted by Gasteiger charge is 2.09. The van der Waals surface area contributed by atoms with E-state index in [2.05, 4.69) is 57.3 Å². The van der Waals surface area contributed by atoms with Crippen LogP contribution in [0, 0.1) is 11.3 Å². The molecule has 5 rings (SSSR count). The summed E-state index contributed by atoms with van der Waals surface area (Å²) in [6.45, 7) is 0.478. The van der Waals surface area contributed by atoms with Crippen molar-refractivity contribution in [3.63, 3.8) is 0 Å². The van der Waals surface area contributed by atoms with Gasteiger partial charge in [-0.15, -0.1) is 11.3 Å². The van der Waals surface area contributed by atoms with Crippen molar-refractivity contribution in [1.82, 2.24) is 4.98 Å². The maximum absolute atomic E-state index is 9.65. The molecular weight excluding hydrogens is 512 g/mol. The molecule has 0 amide bonds. The first-order chi connectivity index (χ1) is 16.2. The van der Waals surface area contributed by atoms with Gasteiger partial charge in [0.25, 0.3) is 0 Å². The number of fused-ring (bicyclic) bond motifs is 2. The van der Waals surface area contributed by atoms with Crippen LogP contribution in [0.4, 0.5) is 0 Å². The highest BCUT2D eigenvalue weighted by molar-refractivity contribution is 9.10. The maximum atomic E-state index is 9.65. The molecule has 0 aliphatic carbocycles. The Morgan fingerprint density at radius 3 is 2.70 bits per heavy atom. The van der Waals surface area contributed by atoms with Gasteiger partial charge in [-0.05, 0) is 79.9 Å². The zero-order valence-corrected chi connectivity index (χ0v) is 20.6. The van der Waals surface area contributed by atoms with Gasteiger partial charge in [0.2, 0.25) is 0 Å². The molecule has 0 saturated carbocycles. The Kier molecular flexibility index (Phi) is 6.45. The van der Waals surface area contributed by atoms with Crippen molar-refractivity contribution in [2.45, 2.75) is 10.9 Å². The average Bonchev–Trinajstić information content (AvgIpc) is 3.25. The summed E-state index contributed by atoms with van der Waals surface area (Å²) in [6, 6.07) is 30.7. The Morgan fingerprint density at radius 2 is 1.85 bits per heavy atom. The number of ether oxygens (including phenoxy) is 1. The number of thioether (sulfide) groups is 1. The van der Waals surface area contributed by atoms with Gasteiger partial charge in [0.1, 0.15) is 18.4 Å². The van der Waals surface area contributed by atoms with Crippen LogP contribution in [0.3, 0.4) is 0 Å². The minimum absolute atomic E-state index is 0.478. The summed E-state index contributed by atoms with van der Waals surface area (Å²) in [5.74, 6) is 0.761. The molecule has 0 N–H and O–H groups in total. The number of nitrogens with zero attached hydrogens (tertiary/aromatic N) is 2. The monoisotopic (exact) mass is 528 g/mol. The molecule has 0 unspecified atom stereocenters. The summed E-state index contributed by atoms with van der Waals surface area (Å²) in [5.41, 5.74) is 3.02. The number of halogens is 1. The quantitative estimate of drug-likeness (QED) is 0.164. The van der Waals surface area contributed by atoms with Crippen molar-refractivity contribution in [2.24, 2.45) is 0 Å². The maximum Gasteiger partial charge on any atom is 0.156 e. The SMILES string of the molecule is N#C/C(=C\c1ccc(OCc2cccc3ccccc23)c(Br)c1)Sc1nc2ccccc2s1. The van der Waals surface area contributed by atoms with E-state index in [9.17, 15) is 5.26 Å². The lowest BCUT2D eigenvalue weighted by Gasteiger charge is -2.11. The van der Waals surface area contributed by atoms with Gasteiger partial charge >= 0.3 is 0 Å². The molecule has 1 heterocycles. The number of para-hydroxylation sites is 1.